The lowest BCUT2D eigenvalue weighted by Gasteiger charge is -2.05. The van der Waals surface area contributed by atoms with Crippen molar-refractivity contribution in [2.24, 2.45) is 0 Å². The molecular formula is C14H12ClN3. The van der Waals surface area contributed by atoms with Gasteiger partial charge in [-0.1, -0.05) is 41.9 Å². The van der Waals surface area contributed by atoms with Crippen LogP contribution in [0.5, 0.6) is 0 Å². The minimum atomic E-state index is 0.571. The van der Waals surface area contributed by atoms with Crippen LogP contribution >= 0.6 is 11.6 Å². The monoisotopic (exact) mass is 257 g/mol. The largest absolute Gasteiger partial charge is 0.397 e. The lowest BCUT2D eigenvalue weighted by Crippen LogP contribution is -2.01. The molecule has 0 spiro atoms. The Kier molecular flexibility index (Phi) is 2.68. The first kappa shape index (κ1) is 11.1. The van der Waals surface area contributed by atoms with Crippen LogP contribution < -0.4 is 5.73 Å². The lowest BCUT2D eigenvalue weighted by atomic mass is 10.2. The molecule has 3 aromatic rings. The summed E-state index contributed by atoms with van der Waals surface area (Å²) in [7, 11) is 0. The zero-order chi connectivity index (χ0) is 12.5. The van der Waals surface area contributed by atoms with Gasteiger partial charge in [0.05, 0.1) is 29.0 Å². The van der Waals surface area contributed by atoms with Crippen LogP contribution in [0.15, 0.2) is 48.7 Å². The van der Waals surface area contributed by atoms with E-state index in [1.807, 2.05) is 35.0 Å². The zero-order valence-corrected chi connectivity index (χ0v) is 10.4. The van der Waals surface area contributed by atoms with E-state index in [4.69, 9.17) is 17.3 Å². The van der Waals surface area contributed by atoms with Gasteiger partial charge in [0, 0.05) is 5.39 Å². The Morgan fingerprint density at radius 3 is 2.67 bits per heavy atom. The highest BCUT2D eigenvalue weighted by Gasteiger charge is 2.08. The van der Waals surface area contributed by atoms with Crippen LogP contribution in [-0.4, -0.2) is 9.78 Å². The van der Waals surface area contributed by atoms with E-state index < -0.39 is 0 Å². The maximum atomic E-state index is 6.00. The van der Waals surface area contributed by atoms with Crippen LogP contribution in [0.2, 0.25) is 5.02 Å². The standard InChI is InChI=1S/C14H12ClN3/c15-12-6-7-13-11(14(12)16)8-17-18(13)9-10-4-2-1-3-5-10/h1-8H,9,16H2. The molecule has 0 saturated carbocycles. The van der Waals surface area contributed by atoms with Gasteiger partial charge in [-0.15, -0.1) is 0 Å². The molecule has 0 aliphatic heterocycles. The molecule has 2 N–H and O–H groups in total. The number of nitrogens with two attached hydrogens (primary N) is 1. The van der Waals surface area contributed by atoms with Crippen molar-refractivity contribution >= 4 is 28.2 Å². The predicted octanol–water partition coefficient (Wildman–Crippen LogP) is 3.32. The molecule has 0 radical (unpaired) electrons. The molecule has 1 aromatic heterocycles. The van der Waals surface area contributed by atoms with Crippen molar-refractivity contribution in [3.63, 3.8) is 0 Å². The predicted molar refractivity (Wildman–Crippen MR) is 74.7 cm³/mol. The number of fused-ring (bicyclic) bond motifs is 1. The number of aromatic nitrogens is 2. The van der Waals surface area contributed by atoms with Gasteiger partial charge >= 0.3 is 0 Å². The highest BCUT2D eigenvalue weighted by atomic mass is 35.5. The van der Waals surface area contributed by atoms with Crippen LogP contribution in [0.25, 0.3) is 10.9 Å². The van der Waals surface area contributed by atoms with E-state index in [1.54, 1.807) is 6.20 Å². The average molecular weight is 258 g/mol. The highest BCUT2D eigenvalue weighted by Crippen LogP contribution is 2.28. The molecule has 2 aromatic carbocycles. The second-order valence-corrected chi connectivity index (χ2v) is 4.59. The Balaban J connectivity index is 2.06. The molecule has 3 rings (SSSR count). The van der Waals surface area contributed by atoms with Gasteiger partial charge < -0.3 is 5.73 Å². The quantitative estimate of drug-likeness (QED) is 0.716. The number of hydrogen-bond donors (Lipinski definition) is 1. The maximum Gasteiger partial charge on any atom is 0.0708 e. The molecule has 3 nitrogen and oxygen atoms in total. The molecule has 0 unspecified atom stereocenters. The molecule has 0 amide bonds. The van der Waals surface area contributed by atoms with Gasteiger partial charge in [0.25, 0.3) is 0 Å². The summed E-state index contributed by atoms with van der Waals surface area (Å²) < 4.78 is 1.93. The van der Waals surface area contributed by atoms with Crippen LogP contribution in [0.4, 0.5) is 5.69 Å². The van der Waals surface area contributed by atoms with E-state index >= 15 is 0 Å². The van der Waals surface area contributed by atoms with Crippen molar-refractivity contribution < 1.29 is 0 Å². The SMILES string of the molecule is Nc1c(Cl)ccc2c1cnn2Cc1ccccc1. The number of halogens is 1. The van der Waals surface area contributed by atoms with Crippen molar-refractivity contribution in [2.45, 2.75) is 6.54 Å². The molecule has 0 aliphatic carbocycles. The van der Waals surface area contributed by atoms with Gasteiger partial charge in [0.1, 0.15) is 0 Å². The molecule has 1 heterocycles. The van der Waals surface area contributed by atoms with E-state index in [0.717, 1.165) is 17.4 Å². The van der Waals surface area contributed by atoms with Crippen molar-refractivity contribution in [1.29, 1.82) is 0 Å². The minimum absolute atomic E-state index is 0.571. The molecule has 0 bridgehead atoms. The fraction of sp³-hybridized carbons (Fsp3) is 0.0714. The molecule has 18 heavy (non-hydrogen) atoms. The molecule has 0 fully saturated rings. The summed E-state index contributed by atoms with van der Waals surface area (Å²) in [5, 5.41) is 5.84. The number of anilines is 1. The second-order valence-electron chi connectivity index (χ2n) is 4.18. The number of benzene rings is 2. The Morgan fingerprint density at radius 1 is 1.11 bits per heavy atom. The fourth-order valence-electron chi connectivity index (χ4n) is 2.03. The molecule has 0 atom stereocenters. The van der Waals surface area contributed by atoms with Gasteiger partial charge in [0.15, 0.2) is 0 Å². The third kappa shape index (κ3) is 1.83. The van der Waals surface area contributed by atoms with Gasteiger partial charge in [-0.05, 0) is 17.7 Å². The molecule has 0 saturated heterocycles. The van der Waals surface area contributed by atoms with Crippen LogP contribution in [0.3, 0.4) is 0 Å². The Labute approximate surface area is 110 Å². The molecular weight excluding hydrogens is 246 g/mol. The van der Waals surface area contributed by atoms with Gasteiger partial charge in [0.2, 0.25) is 0 Å². The summed E-state index contributed by atoms with van der Waals surface area (Å²) in [5.41, 5.74) is 8.74. The summed E-state index contributed by atoms with van der Waals surface area (Å²) in [6.07, 6.45) is 1.76. The number of hydrogen-bond acceptors (Lipinski definition) is 2. The van der Waals surface area contributed by atoms with Crippen molar-refractivity contribution in [1.82, 2.24) is 9.78 Å². The van der Waals surface area contributed by atoms with Crippen LogP contribution in [-0.2, 0) is 6.54 Å². The number of rotatable bonds is 2. The smallest absolute Gasteiger partial charge is 0.0708 e. The maximum absolute atomic E-state index is 6.00. The second kappa shape index (κ2) is 4.35. The van der Waals surface area contributed by atoms with E-state index in [9.17, 15) is 0 Å². The van der Waals surface area contributed by atoms with Crippen molar-refractivity contribution in [3.05, 3.63) is 59.2 Å². The Hall–Kier alpha value is -2.00. The van der Waals surface area contributed by atoms with Gasteiger partial charge in [-0.2, -0.15) is 5.10 Å². The summed E-state index contributed by atoms with van der Waals surface area (Å²) in [4.78, 5) is 0. The first-order chi connectivity index (χ1) is 8.75. The minimum Gasteiger partial charge on any atom is -0.397 e. The third-order valence-electron chi connectivity index (χ3n) is 2.99. The first-order valence-electron chi connectivity index (χ1n) is 5.69. The van der Waals surface area contributed by atoms with Gasteiger partial charge in [-0.3, -0.25) is 4.68 Å². The van der Waals surface area contributed by atoms with Gasteiger partial charge in [-0.25, -0.2) is 0 Å². The van der Waals surface area contributed by atoms with E-state index in [1.165, 1.54) is 5.56 Å². The first-order valence-corrected chi connectivity index (χ1v) is 6.07. The number of nitrogens with zero attached hydrogens (tertiary/aromatic N) is 2. The topological polar surface area (TPSA) is 43.8 Å². The van der Waals surface area contributed by atoms with Crippen LogP contribution in [0.1, 0.15) is 5.56 Å². The Bertz CT molecular complexity index is 689. The summed E-state index contributed by atoms with van der Waals surface area (Å²) in [6.45, 7) is 0.728. The fourth-order valence-corrected chi connectivity index (χ4v) is 2.20. The highest BCUT2D eigenvalue weighted by molar-refractivity contribution is 6.34. The summed E-state index contributed by atoms with van der Waals surface area (Å²) >= 11 is 6.00. The van der Waals surface area contributed by atoms with E-state index in [2.05, 4.69) is 17.2 Å². The molecule has 4 heteroatoms. The lowest BCUT2D eigenvalue weighted by molar-refractivity contribution is 0.712. The third-order valence-corrected chi connectivity index (χ3v) is 3.32. The summed E-state index contributed by atoms with van der Waals surface area (Å²) in [5.74, 6) is 0. The number of nitrogen functional groups attached to an aromatic ring is 1. The van der Waals surface area contributed by atoms with E-state index in [0.29, 0.717) is 10.7 Å². The normalized spacial score (nSPS) is 10.9. The zero-order valence-electron chi connectivity index (χ0n) is 9.68. The summed E-state index contributed by atoms with van der Waals surface area (Å²) in [6, 6.07) is 14.0. The van der Waals surface area contributed by atoms with E-state index in [-0.39, 0.29) is 0 Å². The molecule has 90 valence electrons. The van der Waals surface area contributed by atoms with Crippen LogP contribution in [0, 0.1) is 0 Å². The van der Waals surface area contributed by atoms with Crippen molar-refractivity contribution in [2.75, 3.05) is 5.73 Å². The Morgan fingerprint density at radius 2 is 1.89 bits per heavy atom. The average Bonchev–Trinajstić information content (AvgIpc) is 2.79. The molecule has 0 aliphatic rings. The van der Waals surface area contributed by atoms with Crippen molar-refractivity contribution in [3.8, 4) is 0 Å².